The highest BCUT2D eigenvalue weighted by molar-refractivity contribution is 7.92. The van der Waals surface area contributed by atoms with Crippen LogP contribution in [0.25, 0.3) is 0 Å². The van der Waals surface area contributed by atoms with Gasteiger partial charge in [0.2, 0.25) is 21.8 Å². The van der Waals surface area contributed by atoms with E-state index in [9.17, 15) is 18.0 Å². The number of anilines is 1. The van der Waals surface area contributed by atoms with Crippen molar-refractivity contribution in [3.8, 4) is 0 Å². The van der Waals surface area contributed by atoms with Crippen LogP contribution in [-0.2, 0) is 32.6 Å². The lowest BCUT2D eigenvalue weighted by Crippen LogP contribution is -2.53. The van der Waals surface area contributed by atoms with E-state index >= 15 is 0 Å². The van der Waals surface area contributed by atoms with Gasteiger partial charge in [-0.15, -0.1) is 0 Å². The summed E-state index contributed by atoms with van der Waals surface area (Å²) in [6.45, 7) is 1.94. The van der Waals surface area contributed by atoms with Gasteiger partial charge in [0.15, 0.2) is 0 Å². The average Bonchev–Trinajstić information content (AvgIpc) is 2.89. The molecule has 1 atom stereocenters. The van der Waals surface area contributed by atoms with E-state index in [1.807, 2.05) is 37.3 Å². The minimum atomic E-state index is -3.88. The van der Waals surface area contributed by atoms with Crippen molar-refractivity contribution in [3.05, 3.63) is 100 Å². The molecule has 0 aliphatic rings. The molecule has 0 radical (unpaired) electrons. The van der Waals surface area contributed by atoms with Gasteiger partial charge in [-0.25, -0.2) is 8.42 Å². The normalized spacial score (nSPS) is 12.0. The SMILES string of the molecule is CCCNC(=O)C(Cc1ccccc1)N(Cc1ccc(Cl)cc1)C(=O)CN(c1ccccc1Cl)S(C)(=O)=O. The molecule has 0 aliphatic carbocycles. The maximum atomic E-state index is 13.9. The molecule has 38 heavy (non-hydrogen) atoms. The summed E-state index contributed by atoms with van der Waals surface area (Å²) in [5.41, 5.74) is 1.79. The van der Waals surface area contributed by atoms with Gasteiger partial charge in [-0.05, 0) is 41.8 Å². The van der Waals surface area contributed by atoms with E-state index in [0.717, 1.165) is 28.1 Å². The second-order valence-corrected chi connectivity index (χ2v) is 11.6. The van der Waals surface area contributed by atoms with Crippen molar-refractivity contribution in [2.45, 2.75) is 32.4 Å². The number of sulfonamides is 1. The first-order chi connectivity index (χ1) is 18.1. The number of amides is 2. The molecule has 202 valence electrons. The number of hydrogen-bond acceptors (Lipinski definition) is 4. The number of para-hydroxylation sites is 1. The van der Waals surface area contributed by atoms with Crippen LogP contribution in [0.4, 0.5) is 5.69 Å². The Kier molecular flexibility index (Phi) is 10.6. The predicted molar refractivity (Wildman–Crippen MR) is 153 cm³/mol. The monoisotopic (exact) mass is 575 g/mol. The minimum absolute atomic E-state index is 0.0766. The van der Waals surface area contributed by atoms with Gasteiger partial charge >= 0.3 is 0 Å². The van der Waals surface area contributed by atoms with E-state index in [0.29, 0.717) is 11.6 Å². The fraction of sp³-hybridized carbons (Fsp3) is 0.286. The summed E-state index contributed by atoms with van der Waals surface area (Å²) in [6.07, 6.45) is 1.99. The molecule has 0 aliphatic heterocycles. The maximum Gasteiger partial charge on any atom is 0.244 e. The van der Waals surface area contributed by atoms with Crippen molar-refractivity contribution in [3.63, 3.8) is 0 Å². The van der Waals surface area contributed by atoms with Crippen LogP contribution in [-0.4, -0.2) is 50.5 Å². The number of hydrogen-bond donors (Lipinski definition) is 1. The zero-order valence-electron chi connectivity index (χ0n) is 21.3. The van der Waals surface area contributed by atoms with Crippen molar-refractivity contribution in [2.24, 2.45) is 0 Å². The Morgan fingerprint density at radius 1 is 0.895 bits per heavy atom. The largest absolute Gasteiger partial charge is 0.354 e. The molecule has 1 N–H and O–H groups in total. The molecule has 0 aromatic heterocycles. The lowest BCUT2D eigenvalue weighted by atomic mass is 10.0. The third-order valence-electron chi connectivity index (χ3n) is 5.89. The predicted octanol–water partition coefficient (Wildman–Crippen LogP) is 4.93. The van der Waals surface area contributed by atoms with Crippen molar-refractivity contribution in [2.75, 3.05) is 23.7 Å². The van der Waals surface area contributed by atoms with Gasteiger partial charge in [0.05, 0.1) is 17.0 Å². The summed E-state index contributed by atoms with van der Waals surface area (Å²) in [5, 5.41) is 3.63. The number of carbonyl (C=O) groups excluding carboxylic acids is 2. The van der Waals surface area contributed by atoms with Gasteiger partial charge in [-0.1, -0.05) is 84.7 Å². The quantitative estimate of drug-likeness (QED) is 0.332. The molecule has 0 spiro atoms. The van der Waals surface area contributed by atoms with Crippen molar-refractivity contribution >= 4 is 50.7 Å². The van der Waals surface area contributed by atoms with Crippen LogP contribution in [0, 0.1) is 0 Å². The summed E-state index contributed by atoms with van der Waals surface area (Å²) in [4.78, 5) is 28.8. The lowest BCUT2D eigenvalue weighted by molar-refractivity contribution is -0.140. The van der Waals surface area contributed by atoms with Gasteiger partial charge in [0, 0.05) is 24.5 Å². The molecule has 3 aromatic carbocycles. The Balaban J connectivity index is 2.04. The van der Waals surface area contributed by atoms with Crippen LogP contribution in [0.5, 0.6) is 0 Å². The molecular weight excluding hydrogens is 545 g/mol. The number of halogens is 2. The number of nitrogens with one attached hydrogen (secondary N) is 1. The molecule has 0 bridgehead atoms. The zero-order chi connectivity index (χ0) is 27.7. The topological polar surface area (TPSA) is 86.8 Å². The molecule has 3 aromatic rings. The van der Waals surface area contributed by atoms with Gasteiger partial charge < -0.3 is 10.2 Å². The van der Waals surface area contributed by atoms with Crippen LogP contribution in [0.15, 0.2) is 78.9 Å². The smallest absolute Gasteiger partial charge is 0.244 e. The molecule has 10 heteroatoms. The number of carbonyl (C=O) groups is 2. The second-order valence-electron chi connectivity index (χ2n) is 8.87. The van der Waals surface area contributed by atoms with Crippen LogP contribution in [0.2, 0.25) is 10.0 Å². The van der Waals surface area contributed by atoms with Crippen molar-refractivity contribution in [1.29, 1.82) is 0 Å². The standard InChI is InChI=1S/C28H31Cl2N3O4S/c1-3-17-31-28(35)26(18-21-9-5-4-6-10-21)32(19-22-13-15-23(29)16-14-22)27(34)20-33(38(2,36)37)25-12-8-7-11-24(25)30/h4-16,26H,3,17-20H2,1-2H3,(H,31,35). The Labute approximate surface area is 234 Å². The van der Waals surface area contributed by atoms with E-state index in [2.05, 4.69) is 5.32 Å². The zero-order valence-corrected chi connectivity index (χ0v) is 23.6. The van der Waals surface area contributed by atoms with Gasteiger partial charge in [-0.3, -0.25) is 13.9 Å². The summed E-state index contributed by atoms with van der Waals surface area (Å²) in [5.74, 6) is -0.862. The number of benzene rings is 3. The first-order valence-electron chi connectivity index (χ1n) is 12.2. The average molecular weight is 577 g/mol. The fourth-order valence-corrected chi connectivity index (χ4v) is 5.23. The van der Waals surface area contributed by atoms with Gasteiger partial charge in [-0.2, -0.15) is 0 Å². The third-order valence-corrected chi connectivity index (χ3v) is 7.58. The van der Waals surface area contributed by atoms with Gasteiger partial charge in [0.25, 0.3) is 0 Å². The molecule has 0 fully saturated rings. The minimum Gasteiger partial charge on any atom is -0.354 e. The number of rotatable bonds is 12. The first kappa shape index (κ1) is 29.5. The fourth-order valence-electron chi connectivity index (χ4n) is 3.96. The highest BCUT2D eigenvalue weighted by Gasteiger charge is 2.33. The van der Waals surface area contributed by atoms with E-state index in [4.69, 9.17) is 23.2 Å². The van der Waals surface area contributed by atoms with E-state index < -0.39 is 28.5 Å². The van der Waals surface area contributed by atoms with Crippen molar-refractivity contribution < 1.29 is 18.0 Å². The summed E-state index contributed by atoms with van der Waals surface area (Å²) in [7, 11) is -3.88. The molecule has 2 amide bonds. The number of nitrogens with zero attached hydrogens (tertiary/aromatic N) is 2. The van der Waals surface area contributed by atoms with E-state index in [1.54, 1.807) is 42.5 Å². The summed E-state index contributed by atoms with van der Waals surface area (Å²) >= 11 is 12.4. The third kappa shape index (κ3) is 8.21. The molecule has 7 nitrogen and oxygen atoms in total. The first-order valence-corrected chi connectivity index (χ1v) is 14.8. The summed E-state index contributed by atoms with van der Waals surface area (Å²) < 4.78 is 26.5. The Bertz CT molecular complexity index is 1340. The molecule has 0 saturated heterocycles. The van der Waals surface area contributed by atoms with Crippen LogP contribution in [0.1, 0.15) is 24.5 Å². The van der Waals surface area contributed by atoms with Crippen LogP contribution >= 0.6 is 23.2 Å². The Hall–Kier alpha value is -3.07. The molecule has 0 heterocycles. The van der Waals surface area contributed by atoms with Crippen LogP contribution < -0.4 is 9.62 Å². The van der Waals surface area contributed by atoms with E-state index in [1.165, 1.54) is 11.0 Å². The Morgan fingerprint density at radius 3 is 2.13 bits per heavy atom. The molecule has 0 saturated carbocycles. The van der Waals surface area contributed by atoms with E-state index in [-0.39, 0.29) is 29.6 Å². The second kappa shape index (κ2) is 13.6. The maximum absolute atomic E-state index is 13.9. The molecule has 3 rings (SSSR count). The van der Waals surface area contributed by atoms with Gasteiger partial charge in [0.1, 0.15) is 12.6 Å². The molecular formula is C28H31Cl2N3O4S. The van der Waals surface area contributed by atoms with Crippen LogP contribution in [0.3, 0.4) is 0 Å². The molecule has 1 unspecified atom stereocenters. The highest BCUT2D eigenvalue weighted by atomic mass is 35.5. The summed E-state index contributed by atoms with van der Waals surface area (Å²) in [6, 6.07) is 21.9. The Morgan fingerprint density at radius 2 is 1.53 bits per heavy atom. The highest BCUT2D eigenvalue weighted by Crippen LogP contribution is 2.27. The van der Waals surface area contributed by atoms with Crippen molar-refractivity contribution in [1.82, 2.24) is 10.2 Å². The lowest BCUT2D eigenvalue weighted by Gasteiger charge is -2.33.